The molecule has 0 radical (unpaired) electrons. The smallest absolute Gasteiger partial charge is 0.370 e. The first-order valence-corrected chi connectivity index (χ1v) is 19.1. The third kappa shape index (κ3) is 16.2. The summed E-state index contributed by atoms with van der Waals surface area (Å²) in [4.78, 5) is 0. The zero-order valence-electron chi connectivity index (χ0n) is 30.8. The summed E-state index contributed by atoms with van der Waals surface area (Å²) in [5, 5.41) is -0.315. The fourth-order valence-corrected chi connectivity index (χ4v) is 10.2. The van der Waals surface area contributed by atoms with E-state index in [1.165, 1.54) is 0 Å². The van der Waals surface area contributed by atoms with Gasteiger partial charge in [-0.3, -0.25) is 0 Å². The summed E-state index contributed by atoms with van der Waals surface area (Å²) < 4.78 is 38.5. The summed E-state index contributed by atoms with van der Waals surface area (Å²) in [6.45, 7) is 44.2. The van der Waals surface area contributed by atoms with E-state index in [0.29, 0.717) is 0 Å². The second-order valence-corrected chi connectivity index (χ2v) is 22.8. The largest absolute Gasteiger partial charge is 0.507 e. The highest BCUT2D eigenvalue weighted by Crippen LogP contribution is 2.45. The first-order valence-electron chi connectivity index (χ1n) is 15.6. The van der Waals surface area contributed by atoms with Crippen molar-refractivity contribution in [3.8, 4) is 0 Å². The molecule has 40 heavy (non-hydrogen) atoms. The molecule has 8 heteroatoms. The number of hydrogen-bond donors (Lipinski definition) is 0. The SMILES string of the molecule is CC(C)(C)O[Si](OC(C)(C)C)(OC(C)(C)C)C(C)(C)C.CCC(C)O[Si](OC(C)CC)(OC(C)CC)C(C)(C)C. The van der Waals surface area contributed by atoms with Crippen LogP contribution in [0.15, 0.2) is 0 Å². The maximum absolute atomic E-state index is 6.44. The Morgan fingerprint density at radius 1 is 0.400 bits per heavy atom. The van der Waals surface area contributed by atoms with E-state index < -0.39 is 17.6 Å². The molecule has 0 N–H and O–H groups in total. The van der Waals surface area contributed by atoms with Crippen molar-refractivity contribution in [1.29, 1.82) is 0 Å². The maximum Gasteiger partial charge on any atom is 0.507 e. The van der Waals surface area contributed by atoms with Gasteiger partial charge < -0.3 is 26.6 Å². The minimum absolute atomic E-state index is 0.122. The van der Waals surface area contributed by atoms with Crippen LogP contribution in [0.2, 0.25) is 10.1 Å². The van der Waals surface area contributed by atoms with Gasteiger partial charge in [0.1, 0.15) is 0 Å². The zero-order chi connectivity index (χ0) is 32.6. The fourth-order valence-electron chi connectivity index (χ4n) is 3.39. The van der Waals surface area contributed by atoms with Crippen LogP contribution < -0.4 is 0 Å². The van der Waals surface area contributed by atoms with Crippen LogP contribution in [0.3, 0.4) is 0 Å². The standard InChI is InChI=1S/2C16H36O3Si/c1-13(2,3)17-20(16(10,11)12,18-14(4,5)6)19-15(7,8)9;1-10-13(4)17-20(16(7,8)9,18-14(5)11-2)19-15(6)12-3/h1-12H3;13-15H,10-12H2,1-9H3. The Labute approximate surface area is 253 Å². The third-order valence-corrected chi connectivity index (χ3v) is 14.4. The molecule has 0 spiro atoms. The van der Waals surface area contributed by atoms with Crippen molar-refractivity contribution in [2.45, 2.75) is 210 Å². The van der Waals surface area contributed by atoms with Crippen molar-refractivity contribution in [2.75, 3.05) is 0 Å². The van der Waals surface area contributed by atoms with Gasteiger partial charge in [-0.05, 0) is 102 Å². The Kier molecular flexibility index (Phi) is 16.7. The highest BCUT2D eigenvalue weighted by atomic mass is 28.4. The molecule has 0 heterocycles. The van der Waals surface area contributed by atoms with Gasteiger partial charge in [-0.15, -0.1) is 0 Å². The molecule has 3 unspecified atom stereocenters. The molecule has 0 saturated carbocycles. The second kappa shape index (κ2) is 15.8. The predicted molar refractivity (Wildman–Crippen MR) is 176 cm³/mol. The van der Waals surface area contributed by atoms with Gasteiger partial charge >= 0.3 is 17.6 Å². The van der Waals surface area contributed by atoms with Gasteiger partial charge in [0.15, 0.2) is 0 Å². The molecule has 3 atom stereocenters. The van der Waals surface area contributed by atoms with Crippen molar-refractivity contribution in [1.82, 2.24) is 0 Å². The highest BCUT2D eigenvalue weighted by Gasteiger charge is 2.59. The molecule has 0 aliphatic rings. The van der Waals surface area contributed by atoms with Crippen LogP contribution in [0.25, 0.3) is 0 Å². The molecule has 0 aliphatic carbocycles. The van der Waals surface area contributed by atoms with Gasteiger partial charge in [-0.1, -0.05) is 62.3 Å². The third-order valence-electron chi connectivity index (χ3n) is 5.95. The van der Waals surface area contributed by atoms with Crippen LogP contribution in [-0.2, 0) is 26.6 Å². The van der Waals surface area contributed by atoms with E-state index in [9.17, 15) is 0 Å². The summed E-state index contributed by atoms with van der Waals surface area (Å²) in [5.74, 6) is 0. The van der Waals surface area contributed by atoms with Gasteiger partial charge in [0.25, 0.3) is 0 Å². The van der Waals surface area contributed by atoms with Crippen LogP contribution in [-0.4, -0.2) is 52.7 Å². The monoisotopic (exact) mass is 608 g/mol. The average molecular weight is 609 g/mol. The van der Waals surface area contributed by atoms with E-state index in [2.05, 4.69) is 145 Å². The first-order chi connectivity index (χ1) is 17.5. The Balaban J connectivity index is 0. The molecule has 0 aromatic heterocycles. The van der Waals surface area contributed by atoms with Gasteiger partial charge in [-0.25, -0.2) is 0 Å². The molecule has 0 rings (SSSR count). The topological polar surface area (TPSA) is 55.4 Å². The molecular weight excluding hydrogens is 537 g/mol. The Hall–Kier alpha value is 0.194. The predicted octanol–water partition coefficient (Wildman–Crippen LogP) is 10.3. The zero-order valence-corrected chi connectivity index (χ0v) is 32.8. The highest BCUT2D eigenvalue weighted by molar-refractivity contribution is 6.64. The lowest BCUT2D eigenvalue weighted by atomic mass is 10.2. The van der Waals surface area contributed by atoms with Crippen molar-refractivity contribution in [2.24, 2.45) is 0 Å². The molecule has 0 aromatic carbocycles. The van der Waals surface area contributed by atoms with Crippen molar-refractivity contribution >= 4 is 17.6 Å². The van der Waals surface area contributed by atoms with E-state index in [1.807, 2.05) is 0 Å². The molecule has 0 aliphatic heterocycles. The molecule has 6 nitrogen and oxygen atoms in total. The fraction of sp³-hybridized carbons (Fsp3) is 1.00. The molecule has 0 fully saturated rings. The van der Waals surface area contributed by atoms with Gasteiger partial charge in [-0.2, -0.15) is 0 Å². The lowest BCUT2D eigenvalue weighted by Gasteiger charge is -2.48. The summed E-state index contributed by atoms with van der Waals surface area (Å²) in [6, 6.07) is 0. The van der Waals surface area contributed by atoms with Gasteiger partial charge in [0.2, 0.25) is 0 Å². The van der Waals surface area contributed by atoms with Crippen LogP contribution in [0.5, 0.6) is 0 Å². The van der Waals surface area contributed by atoms with Crippen LogP contribution in [0, 0.1) is 0 Å². The summed E-state index contributed by atoms with van der Waals surface area (Å²) in [6.07, 6.45) is 3.40. The Morgan fingerprint density at radius 3 is 0.725 bits per heavy atom. The van der Waals surface area contributed by atoms with Gasteiger partial charge in [0.05, 0.1) is 16.8 Å². The van der Waals surface area contributed by atoms with E-state index >= 15 is 0 Å². The van der Waals surface area contributed by atoms with Crippen molar-refractivity contribution in [3.63, 3.8) is 0 Å². The van der Waals surface area contributed by atoms with Crippen LogP contribution in [0.1, 0.15) is 165 Å². The normalized spacial score (nSPS) is 17.9. The second-order valence-electron chi connectivity index (χ2n) is 16.3. The molecule has 0 saturated heterocycles. The summed E-state index contributed by atoms with van der Waals surface area (Å²) in [5.41, 5.74) is -0.929. The van der Waals surface area contributed by atoms with Crippen molar-refractivity contribution < 1.29 is 26.6 Å². The van der Waals surface area contributed by atoms with E-state index in [1.54, 1.807) is 0 Å². The van der Waals surface area contributed by atoms with Crippen LogP contribution >= 0.6 is 0 Å². The lowest BCUT2D eigenvalue weighted by molar-refractivity contribution is -0.0874. The minimum Gasteiger partial charge on any atom is -0.370 e. The van der Waals surface area contributed by atoms with E-state index in [0.717, 1.165) is 19.3 Å². The molecule has 0 bridgehead atoms. The summed E-state index contributed by atoms with van der Waals surface area (Å²) in [7, 11) is -5.65. The van der Waals surface area contributed by atoms with Crippen molar-refractivity contribution in [3.05, 3.63) is 0 Å². The van der Waals surface area contributed by atoms with Crippen LogP contribution in [0.4, 0.5) is 0 Å². The molecular formula is C32H72O6Si2. The van der Waals surface area contributed by atoms with E-state index in [4.69, 9.17) is 26.6 Å². The summed E-state index contributed by atoms with van der Waals surface area (Å²) >= 11 is 0. The quantitative estimate of drug-likeness (QED) is 0.205. The lowest BCUT2D eigenvalue weighted by Crippen LogP contribution is -2.62. The number of hydrogen-bond acceptors (Lipinski definition) is 6. The minimum atomic E-state index is -2.90. The number of rotatable bonds is 12. The maximum atomic E-state index is 6.44. The Bertz CT molecular complexity index is 621. The molecule has 244 valence electrons. The first kappa shape index (κ1) is 42.3. The average Bonchev–Trinajstić information content (AvgIpc) is 2.68. The van der Waals surface area contributed by atoms with E-state index in [-0.39, 0.29) is 45.2 Å². The molecule has 0 amide bonds. The van der Waals surface area contributed by atoms with Gasteiger partial charge in [0, 0.05) is 28.4 Å². The molecule has 0 aromatic rings. The Morgan fingerprint density at radius 2 is 0.600 bits per heavy atom.